The molecule has 0 spiro atoms. The fraction of sp³-hybridized carbons (Fsp3) is 0.696. The molecular formula is C69H116O6. The van der Waals surface area contributed by atoms with Crippen LogP contribution in [0.25, 0.3) is 0 Å². The Balaban J connectivity index is 4.38. The molecule has 0 fully saturated rings. The van der Waals surface area contributed by atoms with Gasteiger partial charge < -0.3 is 14.2 Å². The first kappa shape index (κ1) is 71.1. The molecule has 0 aliphatic carbocycles. The molecule has 0 radical (unpaired) electrons. The van der Waals surface area contributed by atoms with Gasteiger partial charge in [-0.25, -0.2) is 0 Å². The van der Waals surface area contributed by atoms with Gasteiger partial charge in [-0.1, -0.05) is 278 Å². The minimum absolute atomic E-state index is 0.0837. The molecule has 0 aliphatic rings. The summed E-state index contributed by atoms with van der Waals surface area (Å²) in [4.78, 5) is 38.3. The quantitative estimate of drug-likeness (QED) is 0.0261. The molecule has 428 valence electrons. The number of allylic oxidation sites excluding steroid dienone is 18. The lowest BCUT2D eigenvalue weighted by molar-refractivity contribution is -0.167. The van der Waals surface area contributed by atoms with E-state index in [0.29, 0.717) is 19.3 Å². The van der Waals surface area contributed by atoms with E-state index in [9.17, 15) is 14.4 Å². The van der Waals surface area contributed by atoms with E-state index in [0.717, 1.165) is 128 Å². The Hall–Kier alpha value is -3.93. The van der Waals surface area contributed by atoms with E-state index >= 15 is 0 Å². The summed E-state index contributed by atoms with van der Waals surface area (Å²) >= 11 is 0. The van der Waals surface area contributed by atoms with E-state index in [2.05, 4.69) is 130 Å². The number of rotatable bonds is 56. The predicted molar refractivity (Wildman–Crippen MR) is 325 cm³/mol. The monoisotopic (exact) mass is 1040 g/mol. The lowest BCUT2D eigenvalue weighted by Crippen LogP contribution is -2.30. The van der Waals surface area contributed by atoms with Gasteiger partial charge in [0.15, 0.2) is 6.10 Å². The number of unbranched alkanes of at least 4 members (excludes halogenated alkanes) is 27. The number of carbonyl (C=O) groups is 3. The molecule has 6 nitrogen and oxygen atoms in total. The molecule has 1 atom stereocenters. The summed E-state index contributed by atoms with van der Waals surface area (Å²) in [6.45, 7) is 6.42. The van der Waals surface area contributed by atoms with Crippen molar-refractivity contribution in [3.63, 3.8) is 0 Å². The Morgan fingerprint density at radius 1 is 0.280 bits per heavy atom. The highest BCUT2D eigenvalue weighted by atomic mass is 16.6. The zero-order valence-electron chi connectivity index (χ0n) is 49.0. The van der Waals surface area contributed by atoms with Gasteiger partial charge in [0.2, 0.25) is 0 Å². The third-order valence-corrected chi connectivity index (χ3v) is 13.3. The van der Waals surface area contributed by atoms with Gasteiger partial charge in [-0.3, -0.25) is 14.4 Å². The fourth-order valence-electron chi connectivity index (χ4n) is 8.64. The molecule has 0 aromatic heterocycles. The Morgan fingerprint density at radius 2 is 0.520 bits per heavy atom. The van der Waals surface area contributed by atoms with E-state index in [1.165, 1.54) is 122 Å². The molecular weight excluding hydrogens is 925 g/mol. The van der Waals surface area contributed by atoms with Crippen molar-refractivity contribution in [2.45, 2.75) is 297 Å². The van der Waals surface area contributed by atoms with Crippen molar-refractivity contribution >= 4 is 17.9 Å². The van der Waals surface area contributed by atoms with Gasteiger partial charge in [0.05, 0.1) is 0 Å². The number of hydrogen-bond donors (Lipinski definition) is 0. The second-order valence-corrected chi connectivity index (χ2v) is 20.6. The average Bonchev–Trinajstić information content (AvgIpc) is 3.41. The Morgan fingerprint density at radius 3 is 0.813 bits per heavy atom. The molecule has 0 saturated carbocycles. The zero-order valence-corrected chi connectivity index (χ0v) is 49.0. The first-order valence-electron chi connectivity index (χ1n) is 31.4. The van der Waals surface area contributed by atoms with Crippen LogP contribution in [0.2, 0.25) is 0 Å². The minimum atomic E-state index is -0.789. The summed E-state index contributed by atoms with van der Waals surface area (Å²) in [6, 6.07) is 0. The van der Waals surface area contributed by atoms with Crippen molar-refractivity contribution in [2.75, 3.05) is 13.2 Å². The van der Waals surface area contributed by atoms with E-state index < -0.39 is 6.10 Å². The van der Waals surface area contributed by atoms with Crippen LogP contribution in [0.4, 0.5) is 0 Å². The molecule has 0 bridgehead atoms. The van der Waals surface area contributed by atoms with Crippen molar-refractivity contribution in [3.8, 4) is 0 Å². The van der Waals surface area contributed by atoms with E-state index in [-0.39, 0.29) is 31.1 Å². The number of esters is 3. The second-order valence-electron chi connectivity index (χ2n) is 20.6. The molecule has 0 rings (SSSR count). The molecule has 0 saturated heterocycles. The van der Waals surface area contributed by atoms with Crippen molar-refractivity contribution in [1.29, 1.82) is 0 Å². The van der Waals surface area contributed by atoms with Crippen LogP contribution >= 0.6 is 0 Å². The summed E-state index contributed by atoms with van der Waals surface area (Å²) < 4.78 is 16.9. The molecule has 0 aromatic rings. The van der Waals surface area contributed by atoms with Gasteiger partial charge in [-0.15, -0.1) is 0 Å². The van der Waals surface area contributed by atoms with Crippen molar-refractivity contribution in [1.82, 2.24) is 0 Å². The third-order valence-electron chi connectivity index (χ3n) is 13.3. The van der Waals surface area contributed by atoms with Crippen LogP contribution in [0.3, 0.4) is 0 Å². The number of hydrogen-bond acceptors (Lipinski definition) is 6. The summed E-state index contributed by atoms with van der Waals surface area (Å²) in [5, 5.41) is 0. The summed E-state index contributed by atoms with van der Waals surface area (Å²) in [5.41, 5.74) is 0. The normalized spacial score (nSPS) is 12.8. The first-order chi connectivity index (χ1) is 37.0. The van der Waals surface area contributed by atoms with Crippen molar-refractivity contribution < 1.29 is 28.6 Å². The molecule has 75 heavy (non-hydrogen) atoms. The van der Waals surface area contributed by atoms with Gasteiger partial charge in [-0.05, 0) is 103 Å². The van der Waals surface area contributed by atoms with E-state index in [4.69, 9.17) is 14.2 Å². The zero-order chi connectivity index (χ0) is 54.3. The Bertz CT molecular complexity index is 1520. The maximum Gasteiger partial charge on any atom is 0.306 e. The third kappa shape index (κ3) is 60.8. The lowest BCUT2D eigenvalue weighted by Gasteiger charge is -2.18. The average molecular weight is 1040 g/mol. The van der Waals surface area contributed by atoms with Crippen LogP contribution in [0.5, 0.6) is 0 Å². The van der Waals surface area contributed by atoms with Crippen molar-refractivity contribution in [3.05, 3.63) is 109 Å². The number of ether oxygens (including phenoxy) is 3. The Kier molecular flexibility index (Phi) is 59.3. The maximum atomic E-state index is 12.9. The summed E-state index contributed by atoms with van der Waals surface area (Å²) in [7, 11) is 0. The van der Waals surface area contributed by atoms with Crippen LogP contribution in [0.1, 0.15) is 290 Å². The van der Waals surface area contributed by atoms with Gasteiger partial charge in [0.25, 0.3) is 0 Å². The van der Waals surface area contributed by atoms with Crippen LogP contribution < -0.4 is 0 Å². The molecule has 6 heteroatoms. The van der Waals surface area contributed by atoms with Crippen LogP contribution in [0, 0.1) is 0 Å². The minimum Gasteiger partial charge on any atom is -0.462 e. The molecule has 0 amide bonds. The Labute approximate surface area is 463 Å². The van der Waals surface area contributed by atoms with Gasteiger partial charge >= 0.3 is 17.9 Å². The second kappa shape index (κ2) is 62.6. The highest BCUT2D eigenvalue weighted by molar-refractivity contribution is 5.71. The van der Waals surface area contributed by atoms with Gasteiger partial charge in [0, 0.05) is 19.3 Å². The standard InChI is InChI=1S/C69H116O6/c1-4-7-10-13-16-19-22-25-27-29-31-33-34-36-37-39-41-44-47-50-53-56-59-62-68(71)74-65-66(64-73-67(70)61-58-55-52-49-46-43-24-21-18-15-12-9-6-3)75-69(72)63-60-57-54-51-48-45-42-40-38-35-32-30-28-26-23-20-17-14-11-8-5-2/h7-8,10-11,16-17,19-20,25-28,31-33,35-37,66H,4-6,9,12-15,18,21-24,29-30,34,38-65H2,1-3H3/b10-7-,11-8-,19-16-,20-17-,27-25-,28-26-,33-31-,35-32-,37-36-. The fourth-order valence-corrected chi connectivity index (χ4v) is 8.64. The van der Waals surface area contributed by atoms with Gasteiger partial charge in [-0.2, -0.15) is 0 Å². The molecule has 0 N–H and O–H groups in total. The summed E-state index contributed by atoms with van der Waals surface area (Å²) in [6.07, 6.45) is 85.1. The smallest absolute Gasteiger partial charge is 0.306 e. The molecule has 0 aliphatic heterocycles. The van der Waals surface area contributed by atoms with Crippen LogP contribution in [-0.4, -0.2) is 37.2 Å². The van der Waals surface area contributed by atoms with Crippen LogP contribution in [-0.2, 0) is 28.6 Å². The highest BCUT2D eigenvalue weighted by Crippen LogP contribution is 2.16. The van der Waals surface area contributed by atoms with Crippen molar-refractivity contribution in [2.24, 2.45) is 0 Å². The van der Waals surface area contributed by atoms with E-state index in [1.54, 1.807) is 0 Å². The maximum absolute atomic E-state index is 12.9. The van der Waals surface area contributed by atoms with Gasteiger partial charge in [0.1, 0.15) is 13.2 Å². The molecule has 0 aromatic carbocycles. The first-order valence-corrected chi connectivity index (χ1v) is 31.4. The largest absolute Gasteiger partial charge is 0.462 e. The van der Waals surface area contributed by atoms with Crippen LogP contribution in [0.15, 0.2) is 109 Å². The molecule has 0 heterocycles. The predicted octanol–water partition coefficient (Wildman–Crippen LogP) is 21.4. The lowest BCUT2D eigenvalue weighted by atomic mass is 10.0. The van der Waals surface area contributed by atoms with E-state index in [1.807, 2.05) is 0 Å². The highest BCUT2D eigenvalue weighted by Gasteiger charge is 2.19. The number of carbonyl (C=O) groups excluding carboxylic acids is 3. The molecule has 1 unspecified atom stereocenters. The SMILES string of the molecule is CC/C=C\C/C=C\C/C=C\C/C=C\C/C=C\CCCCCCCCCC(=O)OCC(COC(=O)CCCCCCCCCCCCCCC)OC(=O)CCCCCCCCCC/C=C\C/C=C\C/C=C\C/C=C\CC. The summed E-state index contributed by atoms with van der Waals surface area (Å²) in [5.74, 6) is -0.896. The topological polar surface area (TPSA) is 78.9 Å².